The molecule has 1 saturated carbocycles. The number of carbonyl (C=O) groups is 4. The van der Waals surface area contributed by atoms with Crippen LogP contribution in [-0.2, 0) is 20.8 Å². The van der Waals surface area contributed by atoms with Crippen molar-refractivity contribution in [2.75, 3.05) is 25.1 Å². The summed E-state index contributed by atoms with van der Waals surface area (Å²) < 4.78 is 0. The number of azo groups is 1. The topological polar surface area (TPSA) is 168 Å². The van der Waals surface area contributed by atoms with Crippen molar-refractivity contribution in [1.29, 1.82) is 0 Å². The molecular weight excluding hydrogens is 618 g/mol. The lowest BCUT2D eigenvalue weighted by molar-refractivity contribution is -0.129. The van der Waals surface area contributed by atoms with E-state index in [0.29, 0.717) is 55.7 Å². The van der Waals surface area contributed by atoms with E-state index in [2.05, 4.69) is 30.8 Å². The highest BCUT2D eigenvalue weighted by Crippen LogP contribution is 2.31. The first-order valence-electron chi connectivity index (χ1n) is 17.2. The van der Waals surface area contributed by atoms with Crippen molar-refractivity contribution in [2.24, 2.45) is 44.6 Å². The molecule has 0 radical (unpaired) electrons. The Kier molecular flexibility index (Phi) is 10.8. The summed E-state index contributed by atoms with van der Waals surface area (Å²) >= 11 is 0. The quantitative estimate of drug-likeness (QED) is 0.206. The molecule has 0 unspecified atom stereocenters. The average molecular weight is 662 g/mol. The van der Waals surface area contributed by atoms with E-state index in [1.165, 1.54) is 0 Å². The van der Waals surface area contributed by atoms with E-state index >= 15 is 0 Å². The zero-order valence-electron chi connectivity index (χ0n) is 27.9. The van der Waals surface area contributed by atoms with Crippen molar-refractivity contribution in [3.8, 4) is 11.1 Å². The van der Waals surface area contributed by atoms with Gasteiger partial charge in [-0.2, -0.15) is 5.11 Å². The Labute approximate surface area is 286 Å². The molecule has 2 amide bonds. The van der Waals surface area contributed by atoms with Gasteiger partial charge in [0, 0.05) is 59.6 Å². The molecule has 3 aromatic rings. The molecule has 11 nitrogen and oxygen atoms in total. The maximum absolute atomic E-state index is 13.7. The van der Waals surface area contributed by atoms with Gasteiger partial charge in [0.25, 0.3) is 0 Å². The van der Waals surface area contributed by atoms with Crippen LogP contribution >= 0.6 is 0 Å². The number of amides is 2. The maximum atomic E-state index is 13.7. The zero-order chi connectivity index (χ0) is 34.3. The largest absolute Gasteiger partial charge is 0.356 e. The van der Waals surface area contributed by atoms with Crippen molar-refractivity contribution in [1.82, 2.24) is 10.3 Å². The number of rotatable bonds is 13. The molecule has 2 aliphatic heterocycles. The van der Waals surface area contributed by atoms with Gasteiger partial charge < -0.3 is 16.4 Å². The Balaban J connectivity index is 1.14. The second-order valence-corrected chi connectivity index (χ2v) is 13.4. The van der Waals surface area contributed by atoms with Gasteiger partial charge in [0.1, 0.15) is 11.5 Å². The molecule has 1 aliphatic carbocycles. The van der Waals surface area contributed by atoms with E-state index in [0.717, 1.165) is 53.6 Å². The molecule has 49 heavy (non-hydrogen) atoms. The Bertz CT molecular complexity index is 1760. The number of hydrogen-bond donors (Lipinski definition) is 3. The second kappa shape index (κ2) is 15.5. The number of benzene rings is 2. The SMILES string of the molecule is Cc1nc(C(=O)C[C@@H]2CCNC2=O)ccc1-c1ccc(C[C@H](CC(=O)C2CCC(CN)CC2)C(=O)Nc2ccc(C3=NCN=N3)cc2)cc1. The van der Waals surface area contributed by atoms with Crippen LogP contribution in [0.5, 0.6) is 0 Å². The summed E-state index contributed by atoms with van der Waals surface area (Å²) in [6.45, 7) is 3.45. The van der Waals surface area contributed by atoms with Crippen LogP contribution < -0.4 is 16.4 Å². The Morgan fingerprint density at radius 3 is 2.31 bits per heavy atom. The Morgan fingerprint density at radius 2 is 1.67 bits per heavy atom. The number of nitrogens with two attached hydrogens (primary N) is 1. The van der Waals surface area contributed by atoms with Gasteiger partial charge in [-0.1, -0.05) is 30.3 Å². The molecule has 4 N–H and O–H groups in total. The smallest absolute Gasteiger partial charge is 0.228 e. The highest BCUT2D eigenvalue weighted by Gasteiger charge is 2.30. The summed E-state index contributed by atoms with van der Waals surface area (Å²) in [6.07, 6.45) is 4.93. The number of amidine groups is 1. The molecule has 3 heterocycles. The van der Waals surface area contributed by atoms with Gasteiger partial charge in [0.05, 0.1) is 0 Å². The van der Waals surface area contributed by atoms with Gasteiger partial charge in [0.15, 0.2) is 18.3 Å². The van der Waals surface area contributed by atoms with Gasteiger partial charge >= 0.3 is 0 Å². The van der Waals surface area contributed by atoms with Crippen LogP contribution in [0, 0.1) is 30.6 Å². The van der Waals surface area contributed by atoms with Crippen LogP contribution in [0.25, 0.3) is 11.1 Å². The van der Waals surface area contributed by atoms with Crippen molar-refractivity contribution in [3.05, 3.63) is 83.2 Å². The molecule has 1 aromatic heterocycles. The van der Waals surface area contributed by atoms with E-state index < -0.39 is 5.92 Å². The zero-order valence-corrected chi connectivity index (χ0v) is 27.9. The van der Waals surface area contributed by atoms with Gasteiger partial charge in [-0.05, 0) is 99.4 Å². The molecule has 2 atom stereocenters. The van der Waals surface area contributed by atoms with Crippen molar-refractivity contribution >= 4 is 34.9 Å². The number of hydrogen-bond acceptors (Lipinski definition) is 9. The second-order valence-electron chi connectivity index (χ2n) is 13.4. The third-order valence-electron chi connectivity index (χ3n) is 10.0. The molecule has 6 rings (SSSR count). The average Bonchev–Trinajstić information content (AvgIpc) is 3.81. The number of nitrogens with one attached hydrogen (secondary N) is 2. The van der Waals surface area contributed by atoms with Crippen LogP contribution in [0.15, 0.2) is 75.9 Å². The molecule has 11 heteroatoms. The number of anilines is 1. The predicted molar refractivity (Wildman–Crippen MR) is 187 cm³/mol. The van der Waals surface area contributed by atoms with Crippen LogP contribution in [0.2, 0.25) is 0 Å². The molecule has 1 saturated heterocycles. The first-order valence-corrected chi connectivity index (χ1v) is 17.2. The number of pyridine rings is 1. The number of nitrogens with zero attached hydrogens (tertiary/aromatic N) is 4. The van der Waals surface area contributed by atoms with Crippen molar-refractivity contribution < 1.29 is 19.2 Å². The summed E-state index contributed by atoms with van der Waals surface area (Å²) in [7, 11) is 0. The minimum Gasteiger partial charge on any atom is -0.356 e. The first-order chi connectivity index (χ1) is 23.8. The maximum Gasteiger partial charge on any atom is 0.228 e. The number of carbonyl (C=O) groups excluding carboxylic acids is 4. The van der Waals surface area contributed by atoms with E-state index in [4.69, 9.17) is 5.73 Å². The summed E-state index contributed by atoms with van der Waals surface area (Å²) in [4.78, 5) is 60.8. The number of Topliss-reactive ketones (excluding diaryl/α,β-unsaturated/α-hetero) is 2. The Hall–Kier alpha value is -4.90. The minimum atomic E-state index is -0.547. The van der Waals surface area contributed by atoms with E-state index in [-0.39, 0.29) is 48.1 Å². The number of aryl methyl sites for hydroxylation is 1. The van der Waals surface area contributed by atoms with Crippen LogP contribution in [0.1, 0.15) is 72.3 Å². The highest BCUT2D eigenvalue weighted by atomic mass is 16.2. The van der Waals surface area contributed by atoms with Crippen LogP contribution in [0.3, 0.4) is 0 Å². The van der Waals surface area contributed by atoms with Gasteiger partial charge in [0.2, 0.25) is 11.8 Å². The minimum absolute atomic E-state index is 0.0400. The van der Waals surface area contributed by atoms with E-state index in [1.807, 2.05) is 61.5 Å². The molecule has 0 bridgehead atoms. The molecule has 3 aliphatic rings. The normalized spacial score (nSPS) is 20.8. The van der Waals surface area contributed by atoms with Crippen molar-refractivity contribution in [2.45, 2.75) is 58.3 Å². The van der Waals surface area contributed by atoms with Gasteiger partial charge in [-0.25, -0.2) is 9.98 Å². The summed E-state index contributed by atoms with van der Waals surface area (Å²) in [6, 6.07) is 18.9. The monoisotopic (exact) mass is 661 g/mol. The predicted octanol–water partition coefficient (Wildman–Crippen LogP) is 5.46. The van der Waals surface area contributed by atoms with Crippen LogP contribution in [-0.4, -0.2) is 54.0 Å². The number of aromatic nitrogens is 1. The standard InChI is InChI=1S/C38H43N7O4/c1-23-32(14-15-33(43-23)35(47)19-29-16-17-40-37(29)48)26-6-2-24(3-7-26)18-30(20-34(46)27-8-4-25(21-39)5-9-27)38(49)44-31-12-10-28(11-13-31)36-41-22-42-45-36/h2-3,6-7,10-15,25,27,29-30H,4-5,8-9,16-22,39H2,1H3,(H,40,48)(H,44,49)/t25?,27?,29-,30+/m0/s1. The molecule has 2 fully saturated rings. The van der Waals surface area contributed by atoms with Gasteiger partial charge in [-0.3, -0.25) is 19.2 Å². The molecule has 254 valence electrons. The molecule has 2 aromatic carbocycles. The fourth-order valence-corrected chi connectivity index (χ4v) is 7.01. The fraction of sp³-hybridized carbons (Fsp3) is 0.421. The van der Waals surface area contributed by atoms with Crippen LogP contribution in [0.4, 0.5) is 5.69 Å². The molecule has 0 spiro atoms. The Morgan fingerprint density at radius 1 is 0.939 bits per heavy atom. The summed E-state index contributed by atoms with van der Waals surface area (Å²) in [5, 5.41) is 13.7. The van der Waals surface area contributed by atoms with Crippen molar-refractivity contribution in [3.63, 3.8) is 0 Å². The third kappa shape index (κ3) is 8.40. The summed E-state index contributed by atoms with van der Waals surface area (Å²) in [5.41, 5.74) is 11.2. The molecular formula is C38H43N7O4. The first kappa shape index (κ1) is 34.0. The van der Waals surface area contributed by atoms with Gasteiger partial charge in [-0.15, -0.1) is 5.11 Å². The highest BCUT2D eigenvalue weighted by molar-refractivity contribution is 6.01. The fourth-order valence-electron chi connectivity index (χ4n) is 7.01. The summed E-state index contributed by atoms with van der Waals surface area (Å²) in [5.74, 6) is -0.111. The van der Waals surface area contributed by atoms with E-state index in [9.17, 15) is 19.2 Å². The third-order valence-corrected chi connectivity index (χ3v) is 10.0. The number of aliphatic imine (C=N–C) groups is 1. The van der Waals surface area contributed by atoms with E-state index in [1.54, 1.807) is 6.07 Å². The number of ketones is 2. The lowest BCUT2D eigenvalue weighted by Crippen LogP contribution is -2.31. The lowest BCUT2D eigenvalue weighted by Gasteiger charge is -2.27. The lowest BCUT2D eigenvalue weighted by atomic mass is 9.77.